The molecular weight excluding hydrogens is 877 g/mol. The first kappa shape index (κ1) is 67.1. The Bertz CT molecular complexity index is 1460. The Morgan fingerprint density at radius 2 is 0.549 bits per heavy atom. The zero-order valence-corrected chi connectivity index (χ0v) is 46.2. The molecular formula is C65H108O6. The molecule has 0 aromatic carbocycles. The molecule has 0 aliphatic carbocycles. The Hall–Kier alpha value is -3.93. The summed E-state index contributed by atoms with van der Waals surface area (Å²) in [5.41, 5.74) is 0. The van der Waals surface area contributed by atoms with Crippen LogP contribution in [0.5, 0.6) is 0 Å². The molecule has 0 fully saturated rings. The third kappa shape index (κ3) is 56.9. The molecule has 0 saturated carbocycles. The lowest BCUT2D eigenvalue weighted by molar-refractivity contribution is -0.167. The number of esters is 3. The predicted molar refractivity (Wildman–Crippen MR) is 307 cm³/mol. The van der Waals surface area contributed by atoms with Crippen LogP contribution in [0, 0.1) is 0 Å². The number of rotatable bonds is 52. The molecule has 0 N–H and O–H groups in total. The first-order chi connectivity index (χ1) is 35.0. The molecule has 0 saturated heterocycles. The van der Waals surface area contributed by atoms with Gasteiger partial charge in [0, 0.05) is 19.3 Å². The van der Waals surface area contributed by atoms with E-state index in [4.69, 9.17) is 14.2 Å². The van der Waals surface area contributed by atoms with Crippen molar-refractivity contribution >= 4 is 17.9 Å². The Morgan fingerprint density at radius 3 is 0.887 bits per heavy atom. The molecule has 0 aromatic heterocycles. The summed E-state index contributed by atoms with van der Waals surface area (Å²) in [5, 5.41) is 0. The van der Waals surface area contributed by atoms with Gasteiger partial charge in [0.05, 0.1) is 0 Å². The van der Waals surface area contributed by atoms with Gasteiger partial charge in [0.2, 0.25) is 0 Å². The summed E-state index contributed by atoms with van der Waals surface area (Å²) in [6.45, 7) is 6.43. The zero-order chi connectivity index (χ0) is 51.4. The molecule has 71 heavy (non-hydrogen) atoms. The Kier molecular flexibility index (Phi) is 55.4. The van der Waals surface area contributed by atoms with Crippen molar-refractivity contribution in [3.05, 3.63) is 109 Å². The quantitative estimate of drug-likeness (QED) is 0.0261. The van der Waals surface area contributed by atoms with Crippen molar-refractivity contribution < 1.29 is 28.6 Å². The molecule has 0 aromatic rings. The van der Waals surface area contributed by atoms with Crippen LogP contribution in [0.15, 0.2) is 109 Å². The van der Waals surface area contributed by atoms with Crippen LogP contribution in [0.4, 0.5) is 0 Å². The highest BCUT2D eigenvalue weighted by Crippen LogP contribution is 2.14. The topological polar surface area (TPSA) is 78.9 Å². The molecule has 404 valence electrons. The summed E-state index contributed by atoms with van der Waals surface area (Å²) < 4.78 is 16.8. The van der Waals surface area contributed by atoms with E-state index < -0.39 is 6.10 Å². The van der Waals surface area contributed by atoms with Gasteiger partial charge in [0.1, 0.15) is 13.2 Å². The lowest BCUT2D eigenvalue weighted by Gasteiger charge is -2.18. The summed E-state index contributed by atoms with van der Waals surface area (Å²) >= 11 is 0. The van der Waals surface area contributed by atoms with Crippen LogP contribution in [-0.4, -0.2) is 37.2 Å². The fourth-order valence-electron chi connectivity index (χ4n) is 7.86. The molecule has 0 spiro atoms. The maximum absolute atomic E-state index is 12.8. The Morgan fingerprint density at radius 1 is 0.296 bits per heavy atom. The number of allylic oxidation sites excluding steroid dienone is 18. The van der Waals surface area contributed by atoms with Gasteiger partial charge in [-0.15, -0.1) is 0 Å². The van der Waals surface area contributed by atoms with Crippen molar-refractivity contribution in [3.63, 3.8) is 0 Å². The SMILES string of the molecule is CC/C=C\C/C=C\C/C=C\C/C=C\C/C=C\C/C=C\CCCCC(=O)OC(COC(=O)CCCCCCCCC)COC(=O)CCCCCCCCCCCC/C=C\C/C=C\C/C=C\CCCCCCC. The number of carbonyl (C=O) groups is 3. The second kappa shape index (κ2) is 58.6. The molecule has 1 unspecified atom stereocenters. The summed E-state index contributed by atoms with van der Waals surface area (Å²) in [5.74, 6) is -0.952. The minimum Gasteiger partial charge on any atom is -0.462 e. The number of hydrogen-bond donors (Lipinski definition) is 0. The molecule has 0 aliphatic rings. The summed E-state index contributed by atoms with van der Waals surface area (Å²) in [6.07, 6.45) is 79.6. The molecule has 6 heteroatoms. The molecule has 0 bridgehead atoms. The minimum absolute atomic E-state index is 0.0976. The highest BCUT2D eigenvalue weighted by molar-refractivity contribution is 5.71. The van der Waals surface area contributed by atoms with Crippen LogP contribution in [0.1, 0.15) is 265 Å². The standard InChI is InChI=1S/C65H108O6/c1-4-7-10-13-16-18-20-22-24-26-28-30-31-32-33-35-36-38-40-42-44-46-49-52-55-58-64(67)70-61-62(60-69-63(66)57-54-51-48-15-12-9-6-3)71-65(68)59-56-53-50-47-45-43-41-39-37-34-29-27-25-23-21-19-17-14-11-8-5-2/h8,11,17,19-20,22-23,25-26,28-29,31-32,34,39,41,45,47,62H,4-7,9-10,12-16,18,21,24,27,30,33,35-38,40,42-44,46,48-61H2,1-3H3/b11-8-,19-17-,22-20-,25-23-,28-26-,32-31-,34-29-,41-39-,47-45-. The molecule has 0 amide bonds. The van der Waals surface area contributed by atoms with Gasteiger partial charge < -0.3 is 14.2 Å². The fourth-order valence-corrected chi connectivity index (χ4v) is 7.86. The molecule has 0 rings (SSSR count). The summed E-state index contributed by atoms with van der Waals surface area (Å²) in [7, 11) is 0. The van der Waals surface area contributed by atoms with Crippen LogP contribution in [0.25, 0.3) is 0 Å². The molecule has 6 nitrogen and oxygen atoms in total. The lowest BCUT2D eigenvalue weighted by Crippen LogP contribution is -2.30. The first-order valence-corrected chi connectivity index (χ1v) is 29.4. The lowest BCUT2D eigenvalue weighted by atomic mass is 10.1. The van der Waals surface area contributed by atoms with Gasteiger partial charge in [-0.05, 0) is 109 Å². The van der Waals surface area contributed by atoms with Crippen LogP contribution in [0.2, 0.25) is 0 Å². The van der Waals surface area contributed by atoms with Crippen molar-refractivity contribution in [2.24, 2.45) is 0 Å². The maximum Gasteiger partial charge on any atom is 0.306 e. The highest BCUT2D eigenvalue weighted by Gasteiger charge is 2.19. The van der Waals surface area contributed by atoms with E-state index in [2.05, 4.69) is 130 Å². The van der Waals surface area contributed by atoms with Gasteiger partial charge in [-0.3, -0.25) is 14.4 Å². The van der Waals surface area contributed by atoms with Gasteiger partial charge in [-0.2, -0.15) is 0 Å². The van der Waals surface area contributed by atoms with Gasteiger partial charge in [-0.25, -0.2) is 0 Å². The monoisotopic (exact) mass is 985 g/mol. The molecule has 0 radical (unpaired) electrons. The van der Waals surface area contributed by atoms with Crippen molar-refractivity contribution in [3.8, 4) is 0 Å². The number of carbonyl (C=O) groups excluding carboxylic acids is 3. The fraction of sp³-hybridized carbons (Fsp3) is 0.677. The second-order valence-corrected chi connectivity index (χ2v) is 19.2. The van der Waals surface area contributed by atoms with E-state index in [9.17, 15) is 14.4 Å². The maximum atomic E-state index is 12.8. The van der Waals surface area contributed by atoms with E-state index in [-0.39, 0.29) is 37.5 Å². The zero-order valence-electron chi connectivity index (χ0n) is 46.2. The van der Waals surface area contributed by atoms with Crippen LogP contribution in [-0.2, 0) is 28.6 Å². The van der Waals surface area contributed by atoms with Crippen LogP contribution < -0.4 is 0 Å². The first-order valence-electron chi connectivity index (χ1n) is 29.4. The molecule has 0 heterocycles. The normalized spacial score (nSPS) is 12.9. The van der Waals surface area contributed by atoms with Crippen molar-refractivity contribution in [1.29, 1.82) is 0 Å². The van der Waals surface area contributed by atoms with Crippen molar-refractivity contribution in [1.82, 2.24) is 0 Å². The van der Waals surface area contributed by atoms with Crippen LogP contribution >= 0.6 is 0 Å². The molecule has 1 atom stereocenters. The van der Waals surface area contributed by atoms with Gasteiger partial charge in [0.25, 0.3) is 0 Å². The van der Waals surface area contributed by atoms with E-state index in [0.29, 0.717) is 19.3 Å². The average Bonchev–Trinajstić information content (AvgIpc) is 3.37. The van der Waals surface area contributed by atoms with E-state index >= 15 is 0 Å². The predicted octanol–water partition coefficient (Wildman–Crippen LogP) is 19.9. The summed E-state index contributed by atoms with van der Waals surface area (Å²) in [6, 6.07) is 0. The summed E-state index contributed by atoms with van der Waals surface area (Å²) in [4.78, 5) is 38.0. The average molecular weight is 986 g/mol. The van der Waals surface area contributed by atoms with E-state index in [1.165, 1.54) is 116 Å². The van der Waals surface area contributed by atoms with Gasteiger partial charge >= 0.3 is 17.9 Å². The Labute approximate surface area is 438 Å². The number of ether oxygens (including phenoxy) is 3. The smallest absolute Gasteiger partial charge is 0.306 e. The number of hydrogen-bond acceptors (Lipinski definition) is 6. The van der Waals surface area contributed by atoms with Crippen molar-refractivity contribution in [2.75, 3.05) is 13.2 Å². The number of unbranched alkanes of at least 4 members (excludes halogenated alkanes) is 23. The van der Waals surface area contributed by atoms with Crippen molar-refractivity contribution in [2.45, 2.75) is 271 Å². The van der Waals surface area contributed by atoms with E-state index in [1.54, 1.807) is 0 Å². The largest absolute Gasteiger partial charge is 0.462 e. The second-order valence-electron chi connectivity index (χ2n) is 19.2. The third-order valence-electron chi connectivity index (χ3n) is 12.3. The van der Waals surface area contributed by atoms with Crippen LogP contribution in [0.3, 0.4) is 0 Å². The third-order valence-corrected chi connectivity index (χ3v) is 12.3. The van der Waals surface area contributed by atoms with Gasteiger partial charge in [-0.1, -0.05) is 246 Å². The van der Waals surface area contributed by atoms with Gasteiger partial charge in [0.15, 0.2) is 6.10 Å². The highest BCUT2D eigenvalue weighted by atomic mass is 16.6. The Balaban J connectivity index is 4.27. The minimum atomic E-state index is -0.802. The van der Waals surface area contributed by atoms with E-state index in [0.717, 1.165) is 103 Å². The molecule has 0 aliphatic heterocycles. The van der Waals surface area contributed by atoms with E-state index in [1.807, 2.05) is 0 Å².